The van der Waals surface area contributed by atoms with Gasteiger partial charge in [-0.25, -0.2) is 4.98 Å². The van der Waals surface area contributed by atoms with Crippen LogP contribution in [0.3, 0.4) is 0 Å². The molecule has 100 valence electrons. The van der Waals surface area contributed by atoms with Crippen molar-refractivity contribution in [3.05, 3.63) is 59.7 Å². The number of hydrazine groups is 1. The Kier molecular flexibility index (Phi) is 3.12. The van der Waals surface area contributed by atoms with E-state index in [2.05, 4.69) is 30.5 Å². The quantitative estimate of drug-likeness (QED) is 0.546. The van der Waals surface area contributed by atoms with E-state index in [1.165, 1.54) is 0 Å². The monoisotopic (exact) mass is 263 g/mol. The Labute approximate surface area is 118 Å². The Bertz CT molecular complexity index is 764. The molecule has 1 aromatic heterocycles. The van der Waals surface area contributed by atoms with Gasteiger partial charge in [-0.3, -0.25) is 5.84 Å². The highest BCUT2D eigenvalue weighted by atomic mass is 15.2. The third-order valence-corrected chi connectivity index (χ3v) is 3.65. The lowest BCUT2D eigenvalue weighted by Gasteiger charge is -2.15. The fourth-order valence-electron chi connectivity index (χ4n) is 2.59. The van der Waals surface area contributed by atoms with Crippen molar-refractivity contribution in [3.8, 4) is 11.3 Å². The van der Waals surface area contributed by atoms with E-state index in [4.69, 9.17) is 10.8 Å². The van der Waals surface area contributed by atoms with Crippen molar-refractivity contribution in [2.75, 3.05) is 5.43 Å². The molecule has 1 heterocycles. The van der Waals surface area contributed by atoms with Crippen molar-refractivity contribution in [3.63, 3.8) is 0 Å². The molecule has 0 bridgehead atoms. The summed E-state index contributed by atoms with van der Waals surface area (Å²) in [7, 11) is 0. The highest BCUT2D eigenvalue weighted by molar-refractivity contribution is 5.97. The lowest BCUT2D eigenvalue weighted by atomic mass is 10.0. The second kappa shape index (κ2) is 4.94. The van der Waals surface area contributed by atoms with Gasteiger partial charge in [0.1, 0.15) is 0 Å². The molecule has 2 aromatic carbocycles. The van der Waals surface area contributed by atoms with Gasteiger partial charge in [0.25, 0.3) is 0 Å². The summed E-state index contributed by atoms with van der Waals surface area (Å²) in [6.45, 7) is 4.12. The number of para-hydroxylation sites is 1. The molecule has 3 rings (SSSR count). The van der Waals surface area contributed by atoms with E-state index in [0.29, 0.717) is 0 Å². The van der Waals surface area contributed by atoms with Gasteiger partial charge < -0.3 is 5.43 Å². The van der Waals surface area contributed by atoms with Gasteiger partial charge >= 0.3 is 0 Å². The molecular formula is C17H17N3. The number of aryl methyl sites for hydroxylation is 1. The average Bonchev–Trinajstić information content (AvgIpc) is 2.48. The molecular weight excluding hydrogens is 246 g/mol. The molecule has 3 aromatic rings. The van der Waals surface area contributed by atoms with E-state index in [9.17, 15) is 0 Å². The minimum absolute atomic E-state index is 0.942. The summed E-state index contributed by atoms with van der Waals surface area (Å²) in [4.78, 5) is 4.86. The second-order valence-corrected chi connectivity index (χ2v) is 4.94. The Morgan fingerprint density at radius 2 is 1.70 bits per heavy atom. The van der Waals surface area contributed by atoms with Gasteiger partial charge in [0.05, 0.1) is 16.9 Å². The predicted molar refractivity (Wildman–Crippen MR) is 84.5 cm³/mol. The van der Waals surface area contributed by atoms with Crippen molar-refractivity contribution in [1.29, 1.82) is 0 Å². The van der Waals surface area contributed by atoms with E-state index in [0.717, 1.165) is 39.0 Å². The van der Waals surface area contributed by atoms with Gasteiger partial charge in [-0.15, -0.1) is 0 Å². The first-order chi connectivity index (χ1) is 9.72. The number of nitrogens with one attached hydrogen (secondary N) is 1. The smallest absolute Gasteiger partial charge is 0.0760 e. The molecule has 0 fully saturated rings. The van der Waals surface area contributed by atoms with Gasteiger partial charge in [0.2, 0.25) is 0 Å². The largest absolute Gasteiger partial charge is 0.323 e. The minimum atomic E-state index is 0.942. The Hall–Kier alpha value is -2.39. The van der Waals surface area contributed by atoms with Gasteiger partial charge in [-0.05, 0) is 19.4 Å². The Morgan fingerprint density at radius 1 is 0.950 bits per heavy atom. The normalized spacial score (nSPS) is 10.8. The number of rotatable bonds is 2. The van der Waals surface area contributed by atoms with Crippen molar-refractivity contribution in [2.45, 2.75) is 13.8 Å². The molecule has 0 unspecified atom stereocenters. The van der Waals surface area contributed by atoms with Crippen LogP contribution in [-0.4, -0.2) is 4.98 Å². The zero-order valence-electron chi connectivity index (χ0n) is 11.6. The third kappa shape index (κ3) is 1.92. The van der Waals surface area contributed by atoms with Crippen LogP contribution in [0, 0.1) is 13.8 Å². The summed E-state index contributed by atoms with van der Waals surface area (Å²) < 4.78 is 0. The summed E-state index contributed by atoms with van der Waals surface area (Å²) in [5.74, 6) is 5.74. The van der Waals surface area contributed by atoms with Crippen LogP contribution in [0.25, 0.3) is 22.2 Å². The summed E-state index contributed by atoms with van der Waals surface area (Å²) >= 11 is 0. The maximum atomic E-state index is 5.74. The van der Waals surface area contributed by atoms with Gasteiger partial charge in [0, 0.05) is 16.5 Å². The number of pyridine rings is 1. The highest BCUT2D eigenvalue weighted by Crippen LogP contribution is 2.33. The van der Waals surface area contributed by atoms with E-state index in [1.807, 2.05) is 37.3 Å². The number of nitrogens with two attached hydrogens (primary N) is 1. The van der Waals surface area contributed by atoms with Crippen molar-refractivity contribution >= 4 is 16.6 Å². The SMILES string of the molecule is Cc1c(-c2ccccc2)nc2c(C)cccc2c1NN. The molecule has 0 saturated heterocycles. The Morgan fingerprint density at radius 3 is 2.40 bits per heavy atom. The van der Waals surface area contributed by atoms with Gasteiger partial charge in [0.15, 0.2) is 0 Å². The number of hydrogen-bond donors (Lipinski definition) is 2. The molecule has 3 N–H and O–H groups in total. The summed E-state index contributed by atoms with van der Waals surface area (Å²) in [6.07, 6.45) is 0. The molecule has 0 aliphatic rings. The highest BCUT2D eigenvalue weighted by Gasteiger charge is 2.13. The van der Waals surface area contributed by atoms with Crippen LogP contribution in [0.4, 0.5) is 5.69 Å². The summed E-state index contributed by atoms with van der Waals surface area (Å²) in [6, 6.07) is 16.3. The number of nitrogen functional groups attached to an aromatic ring is 1. The minimum Gasteiger partial charge on any atom is -0.323 e. The van der Waals surface area contributed by atoms with Crippen LogP contribution in [0.15, 0.2) is 48.5 Å². The van der Waals surface area contributed by atoms with E-state index < -0.39 is 0 Å². The first-order valence-electron chi connectivity index (χ1n) is 6.64. The lowest BCUT2D eigenvalue weighted by molar-refractivity contribution is 1.27. The molecule has 0 saturated carbocycles. The van der Waals surface area contributed by atoms with Crippen molar-refractivity contribution in [1.82, 2.24) is 4.98 Å². The van der Waals surface area contributed by atoms with Crippen LogP contribution in [0.1, 0.15) is 11.1 Å². The maximum Gasteiger partial charge on any atom is 0.0760 e. The molecule has 3 heteroatoms. The van der Waals surface area contributed by atoms with E-state index >= 15 is 0 Å². The first kappa shape index (κ1) is 12.6. The molecule has 0 spiro atoms. The lowest BCUT2D eigenvalue weighted by Crippen LogP contribution is -2.10. The van der Waals surface area contributed by atoms with Crippen LogP contribution in [-0.2, 0) is 0 Å². The molecule has 20 heavy (non-hydrogen) atoms. The summed E-state index contributed by atoms with van der Waals surface area (Å²) in [5.41, 5.74) is 9.06. The van der Waals surface area contributed by atoms with E-state index in [-0.39, 0.29) is 0 Å². The zero-order chi connectivity index (χ0) is 14.1. The van der Waals surface area contributed by atoms with Crippen LogP contribution in [0.5, 0.6) is 0 Å². The number of nitrogens with zero attached hydrogens (tertiary/aromatic N) is 1. The molecule has 0 aliphatic carbocycles. The van der Waals surface area contributed by atoms with Crippen molar-refractivity contribution < 1.29 is 0 Å². The molecule has 3 nitrogen and oxygen atoms in total. The van der Waals surface area contributed by atoms with Crippen LogP contribution >= 0.6 is 0 Å². The van der Waals surface area contributed by atoms with E-state index in [1.54, 1.807) is 0 Å². The molecule has 0 amide bonds. The topological polar surface area (TPSA) is 50.9 Å². The number of benzene rings is 2. The summed E-state index contributed by atoms with van der Waals surface area (Å²) in [5, 5.41) is 1.06. The molecule has 0 atom stereocenters. The second-order valence-electron chi connectivity index (χ2n) is 4.94. The fraction of sp³-hybridized carbons (Fsp3) is 0.118. The number of fused-ring (bicyclic) bond motifs is 1. The van der Waals surface area contributed by atoms with Crippen molar-refractivity contribution in [2.24, 2.45) is 5.84 Å². The van der Waals surface area contributed by atoms with Gasteiger partial charge in [-0.2, -0.15) is 0 Å². The third-order valence-electron chi connectivity index (χ3n) is 3.65. The molecule has 0 aliphatic heterocycles. The average molecular weight is 263 g/mol. The first-order valence-corrected chi connectivity index (χ1v) is 6.64. The zero-order valence-corrected chi connectivity index (χ0v) is 11.6. The standard InChI is InChI=1S/C17H17N3/c1-11-7-6-10-14-15(11)19-16(12(2)17(14)20-18)13-8-4-3-5-9-13/h3-10H,18H2,1-2H3,(H,19,20). The number of anilines is 1. The Balaban J connectivity index is 2.40. The maximum absolute atomic E-state index is 5.74. The van der Waals surface area contributed by atoms with Crippen LogP contribution in [0.2, 0.25) is 0 Å². The van der Waals surface area contributed by atoms with Crippen LogP contribution < -0.4 is 11.3 Å². The predicted octanol–water partition coefficient (Wildman–Crippen LogP) is 3.80. The number of aromatic nitrogens is 1. The van der Waals surface area contributed by atoms with Gasteiger partial charge in [-0.1, -0.05) is 48.5 Å². The number of hydrogen-bond acceptors (Lipinski definition) is 3. The fourth-order valence-corrected chi connectivity index (χ4v) is 2.59. The molecule has 0 radical (unpaired) electrons.